The number of carboxylic acids is 4. The fraction of sp³-hybridized carbons (Fsp3) is 0.900. The van der Waals surface area contributed by atoms with Gasteiger partial charge in [-0.15, -0.1) is 0 Å². The van der Waals surface area contributed by atoms with E-state index in [2.05, 4.69) is 13.8 Å². The van der Waals surface area contributed by atoms with Crippen molar-refractivity contribution in [1.82, 2.24) is 0 Å². The summed E-state index contributed by atoms with van der Waals surface area (Å²) < 4.78 is 0. The molecular weight excluding hydrogens is 649 g/mol. The van der Waals surface area contributed by atoms with E-state index in [1.54, 1.807) is 0 Å². The Labute approximate surface area is 334 Å². The molecule has 0 aromatic carbocycles. The van der Waals surface area contributed by atoms with Crippen LogP contribution in [0.1, 0.15) is 235 Å². The van der Waals surface area contributed by atoms with Crippen LogP contribution in [-0.4, -0.2) is 82.0 Å². The van der Waals surface area contributed by atoms with Crippen LogP contribution in [0.2, 0.25) is 0 Å². The first-order valence-electron chi connectivity index (χ1n) is 20.0. The zero-order valence-corrected chi connectivity index (χ0v) is 34.4. The number of carboxylic acid groups (broad SMARTS) is 4. The summed E-state index contributed by atoms with van der Waals surface area (Å²) in [5.41, 5.74) is 0. The Morgan fingerprint density at radius 3 is 0.571 bits per heavy atom. The van der Waals surface area contributed by atoms with E-state index < -0.39 is 23.9 Å². The second-order valence-corrected chi connectivity index (χ2v) is 13.5. The van der Waals surface area contributed by atoms with Crippen molar-refractivity contribution in [1.29, 1.82) is 0 Å². The largest absolute Gasteiger partial charge is 2.00 e. The Morgan fingerprint density at radius 2 is 0.429 bits per heavy atom. The second kappa shape index (κ2) is 49.3. The molecule has 0 fully saturated rings. The molecule has 0 atom stereocenters. The summed E-state index contributed by atoms with van der Waals surface area (Å²) in [4.78, 5) is 39.9. The van der Waals surface area contributed by atoms with E-state index in [1.807, 2.05) is 0 Å². The van der Waals surface area contributed by atoms with E-state index in [0.717, 1.165) is 25.7 Å². The number of carbonyl (C=O) groups is 4. The van der Waals surface area contributed by atoms with Gasteiger partial charge >= 0.3 is 61.6 Å². The minimum Gasteiger partial charge on any atom is -1.00 e. The first kappa shape index (κ1) is 54.9. The molecule has 9 heteroatoms. The Bertz CT molecular complexity index is 656. The van der Waals surface area contributed by atoms with Crippen molar-refractivity contribution in [2.24, 2.45) is 0 Å². The number of rotatable bonds is 35. The first-order valence-corrected chi connectivity index (χ1v) is 20.0. The summed E-state index contributed by atoms with van der Waals surface area (Å²) in [6, 6.07) is 0. The number of hydrogen-bond acceptors (Lipinski definition) is 4. The summed E-state index contributed by atoms with van der Waals surface area (Å²) >= 11 is 0. The molecule has 49 heavy (non-hydrogen) atoms. The van der Waals surface area contributed by atoms with Crippen LogP contribution in [-0.2, 0) is 19.2 Å². The molecule has 0 heterocycles. The van der Waals surface area contributed by atoms with Crippen LogP contribution in [0.15, 0.2) is 0 Å². The van der Waals surface area contributed by atoms with E-state index in [1.165, 1.54) is 167 Å². The summed E-state index contributed by atoms with van der Waals surface area (Å²) in [7, 11) is 0. The molecule has 0 bridgehead atoms. The molecule has 0 unspecified atom stereocenters. The summed E-state index contributed by atoms with van der Waals surface area (Å²) in [5.74, 6) is -3.46. The van der Waals surface area contributed by atoms with Gasteiger partial charge in [0.05, 0.1) is 12.8 Å². The zero-order valence-electron chi connectivity index (χ0n) is 34.2. The maximum atomic E-state index is 10.3. The molecule has 8 nitrogen and oxygen atoms in total. The van der Waals surface area contributed by atoms with Gasteiger partial charge in [0.25, 0.3) is 0 Å². The molecule has 0 aromatic heterocycles. The minimum absolute atomic E-state index is 0. The molecule has 0 aliphatic rings. The Kier molecular flexibility index (Phi) is 55.2. The number of aliphatic carboxylic acids is 4. The SMILES string of the molecule is CCCCCCCCCCCCCCCCCC(=O)O.CCCCCCCCCCCCCCCCCC(=O)O.O=C(O)CCC(=O)O.[Ca+2].[H-].[H-]. The van der Waals surface area contributed by atoms with Crippen molar-refractivity contribution in [2.75, 3.05) is 0 Å². The van der Waals surface area contributed by atoms with Crippen LogP contribution in [0.5, 0.6) is 0 Å². The minimum atomic E-state index is -1.08. The molecule has 0 saturated heterocycles. The normalized spacial score (nSPS) is 10.2. The molecule has 0 amide bonds. The van der Waals surface area contributed by atoms with Gasteiger partial charge in [0.15, 0.2) is 0 Å². The first-order chi connectivity index (χ1) is 23.2. The molecule has 4 N–H and O–H groups in total. The van der Waals surface area contributed by atoms with E-state index in [-0.39, 0.29) is 53.4 Å². The van der Waals surface area contributed by atoms with Gasteiger partial charge in [0, 0.05) is 12.8 Å². The van der Waals surface area contributed by atoms with Gasteiger partial charge in [-0.2, -0.15) is 0 Å². The van der Waals surface area contributed by atoms with Crippen LogP contribution in [0.3, 0.4) is 0 Å². The maximum Gasteiger partial charge on any atom is 2.00 e. The zero-order chi connectivity index (χ0) is 36.4. The molecule has 290 valence electrons. The maximum absolute atomic E-state index is 10.3. The van der Waals surface area contributed by atoms with Gasteiger partial charge in [0.2, 0.25) is 0 Å². The van der Waals surface area contributed by atoms with Gasteiger partial charge < -0.3 is 23.3 Å². The van der Waals surface area contributed by atoms with Crippen LogP contribution in [0, 0.1) is 0 Å². The predicted molar refractivity (Wildman–Crippen MR) is 207 cm³/mol. The monoisotopic (exact) mass is 729 g/mol. The third-order valence-electron chi connectivity index (χ3n) is 8.54. The van der Waals surface area contributed by atoms with Gasteiger partial charge in [-0.05, 0) is 12.8 Å². The molecule has 0 aromatic rings. The summed E-state index contributed by atoms with van der Waals surface area (Å²) in [5, 5.41) is 32.8. The summed E-state index contributed by atoms with van der Waals surface area (Å²) in [6.07, 6.45) is 39.8. The molecule has 0 aliphatic carbocycles. The van der Waals surface area contributed by atoms with Crippen LogP contribution in [0.4, 0.5) is 0 Å². The molecule has 0 rings (SSSR count). The summed E-state index contributed by atoms with van der Waals surface area (Å²) in [6.45, 7) is 4.54. The average Bonchev–Trinajstić information content (AvgIpc) is 3.04. The van der Waals surface area contributed by atoms with Crippen LogP contribution >= 0.6 is 0 Å². The predicted octanol–water partition coefficient (Wildman–Crippen LogP) is 12.4. The van der Waals surface area contributed by atoms with E-state index >= 15 is 0 Å². The topological polar surface area (TPSA) is 149 Å². The van der Waals surface area contributed by atoms with Gasteiger partial charge in [-0.1, -0.05) is 194 Å². The van der Waals surface area contributed by atoms with E-state index in [4.69, 9.17) is 20.4 Å². The molecule has 0 radical (unpaired) electrons. The van der Waals surface area contributed by atoms with Crippen molar-refractivity contribution in [3.63, 3.8) is 0 Å². The smallest absolute Gasteiger partial charge is 1.00 e. The molecule has 0 aliphatic heterocycles. The van der Waals surface area contributed by atoms with Crippen molar-refractivity contribution in [3.05, 3.63) is 0 Å². The van der Waals surface area contributed by atoms with Crippen molar-refractivity contribution >= 4 is 61.6 Å². The number of hydrogen-bond donors (Lipinski definition) is 4. The Hall–Kier alpha value is -0.860. The molecular formula is C40H80CaO8. The number of unbranched alkanes of at least 4 members (excludes halogenated alkanes) is 28. The quantitative estimate of drug-likeness (QED) is 0.0372. The van der Waals surface area contributed by atoms with Crippen molar-refractivity contribution in [3.8, 4) is 0 Å². The molecule has 0 saturated carbocycles. The van der Waals surface area contributed by atoms with E-state index in [0.29, 0.717) is 12.8 Å². The standard InChI is InChI=1S/2C18H36O2.C4H6O4.Ca.2H/c2*1-2-3-4-5-6-7-8-9-10-11-12-13-14-15-16-17-18(19)20;5-3(6)1-2-4(7)8;;;/h2*2-17H2,1H3,(H,19,20);1-2H2,(H,5,6)(H,7,8);;;/q;;;+2;2*-1. The van der Waals surface area contributed by atoms with E-state index in [9.17, 15) is 19.2 Å². The third kappa shape index (κ3) is 66.0. The Morgan fingerprint density at radius 1 is 0.286 bits per heavy atom. The van der Waals surface area contributed by atoms with Crippen molar-refractivity contribution in [2.45, 2.75) is 232 Å². The average molecular weight is 729 g/mol. The fourth-order valence-corrected chi connectivity index (χ4v) is 5.51. The van der Waals surface area contributed by atoms with Crippen LogP contribution < -0.4 is 0 Å². The van der Waals surface area contributed by atoms with Crippen LogP contribution in [0.25, 0.3) is 0 Å². The van der Waals surface area contributed by atoms with Gasteiger partial charge in [0.1, 0.15) is 0 Å². The second-order valence-electron chi connectivity index (χ2n) is 13.5. The Balaban J connectivity index is -0.000000156. The van der Waals surface area contributed by atoms with Gasteiger partial charge in [-0.3, -0.25) is 19.2 Å². The van der Waals surface area contributed by atoms with Gasteiger partial charge in [-0.25, -0.2) is 0 Å². The molecule has 0 spiro atoms. The van der Waals surface area contributed by atoms with Crippen molar-refractivity contribution < 1.29 is 42.5 Å². The fourth-order valence-electron chi connectivity index (χ4n) is 5.51. The third-order valence-corrected chi connectivity index (χ3v) is 8.54.